The van der Waals surface area contributed by atoms with E-state index in [0.29, 0.717) is 0 Å². The first-order valence-corrected chi connectivity index (χ1v) is 6.68. The maximum atomic E-state index is 12.5. The van der Waals surface area contributed by atoms with Crippen molar-refractivity contribution < 1.29 is 27.4 Å². The molecular formula is C11H15F3N2O3S. The molecule has 0 aliphatic carbocycles. The highest BCUT2D eigenvalue weighted by Gasteiger charge is 2.32. The fourth-order valence-corrected chi connectivity index (χ4v) is 2.19. The van der Waals surface area contributed by atoms with Gasteiger partial charge in [-0.2, -0.15) is 13.2 Å². The molecule has 0 atom stereocenters. The average molecular weight is 312 g/mol. The Hall–Kier alpha value is -1.35. The number of alkyl halides is 3. The summed E-state index contributed by atoms with van der Waals surface area (Å²) >= 11 is 0.961. The standard InChI is InChI=1S/C11H15F3N2O3S/c1-3-19-9(17)8-6-20-10(15-8)16(4-5-18-2)7-11(12,13)14/h6H,3-5,7H2,1-2H3. The number of rotatable bonds is 7. The first-order valence-electron chi connectivity index (χ1n) is 5.80. The van der Waals surface area contributed by atoms with Crippen LogP contribution in [0.1, 0.15) is 17.4 Å². The molecule has 1 heterocycles. The van der Waals surface area contributed by atoms with Crippen LogP contribution in [0.25, 0.3) is 0 Å². The van der Waals surface area contributed by atoms with Crippen LogP contribution in [0.4, 0.5) is 18.3 Å². The molecule has 0 radical (unpaired) electrons. The minimum Gasteiger partial charge on any atom is -0.461 e. The number of nitrogens with zero attached hydrogens (tertiary/aromatic N) is 2. The Balaban J connectivity index is 2.82. The van der Waals surface area contributed by atoms with Gasteiger partial charge >= 0.3 is 12.1 Å². The van der Waals surface area contributed by atoms with Crippen molar-refractivity contribution in [2.45, 2.75) is 13.1 Å². The van der Waals surface area contributed by atoms with Gasteiger partial charge < -0.3 is 14.4 Å². The summed E-state index contributed by atoms with van der Waals surface area (Å²) in [7, 11) is 1.40. The molecule has 1 rings (SSSR count). The summed E-state index contributed by atoms with van der Waals surface area (Å²) in [5.74, 6) is -0.645. The Bertz CT molecular complexity index is 437. The predicted molar refractivity (Wildman–Crippen MR) is 68.2 cm³/mol. The van der Waals surface area contributed by atoms with Crippen molar-refractivity contribution in [3.8, 4) is 0 Å². The number of carbonyl (C=O) groups excluding carboxylic acids is 1. The molecule has 0 saturated heterocycles. The highest BCUT2D eigenvalue weighted by Crippen LogP contribution is 2.25. The molecule has 0 fully saturated rings. The van der Waals surface area contributed by atoms with Gasteiger partial charge in [0.2, 0.25) is 0 Å². The van der Waals surface area contributed by atoms with Crippen LogP contribution in [0.3, 0.4) is 0 Å². The Labute approximate surface area is 118 Å². The van der Waals surface area contributed by atoms with Crippen molar-refractivity contribution in [3.05, 3.63) is 11.1 Å². The third-order valence-corrected chi connectivity index (χ3v) is 3.08. The Kier molecular flexibility index (Phi) is 6.21. The molecule has 0 unspecified atom stereocenters. The molecule has 5 nitrogen and oxygen atoms in total. The lowest BCUT2D eigenvalue weighted by Crippen LogP contribution is -2.36. The van der Waals surface area contributed by atoms with Crippen LogP contribution >= 0.6 is 11.3 Å². The van der Waals surface area contributed by atoms with E-state index >= 15 is 0 Å². The summed E-state index contributed by atoms with van der Waals surface area (Å²) < 4.78 is 47.0. The van der Waals surface area contributed by atoms with Crippen molar-refractivity contribution in [1.82, 2.24) is 4.98 Å². The minimum atomic E-state index is -4.36. The van der Waals surface area contributed by atoms with E-state index in [2.05, 4.69) is 4.98 Å². The number of thiazole rings is 1. The fourth-order valence-electron chi connectivity index (χ4n) is 1.37. The van der Waals surface area contributed by atoms with E-state index < -0.39 is 18.7 Å². The Morgan fingerprint density at radius 2 is 2.20 bits per heavy atom. The summed E-state index contributed by atoms with van der Waals surface area (Å²) in [5.41, 5.74) is 0.0106. The highest BCUT2D eigenvalue weighted by atomic mass is 32.1. The van der Waals surface area contributed by atoms with Crippen LogP contribution in [0.2, 0.25) is 0 Å². The molecule has 0 amide bonds. The van der Waals surface area contributed by atoms with Gasteiger partial charge in [-0.1, -0.05) is 0 Å². The van der Waals surface area contributed by atoms with E-state index in [4.69, 9.17) is 9.47 Å². The van der Waals surface area contributed by atoms with Gasteiger partial charge in [-0.3, -0.25) is 0 Å². The maximum absolute atomic E-state index is 12.5. The summed E-state index contributed by atoms with van der Waals surface area (Å²) in [6.07, 6.45) is -4.36. The molecular weight excluding hydrogens is 297 g/mol. The molecule has 114 valence electrons. The number of aromatic nitrogens is 1. The molecule has 0 saturated carbocycles. The van der Waals surface area contributed by atoms with Gasteiger partial charge in [0.05, 0.1) is 13.2 Å². The van der Waals surface area contributed by atoms with Crippen LogP contribution in [-0.2, 0) is 9.47 Å². The molecule has 0 aliphatic heterocycles. The molecule has 0 N–H and O–H groups in total. The van der Waals surface area contributed by atoms with Gasteiger partial charge in [-0.15, -0.1) is 11.3 Å². The number of hydrogen-bond donors (Lipinski definition) is 0. The SMILES string of the molecule is CCOC(=O)c1csc(N(CCOC)CC(F)(F)F)n1. The number of halogens is 3. The lowest BCUT2D eigenvalue weighted by molar-refractivity contribution is -0.119. The van der Waals surface area contributed by atoms with Gasteiger partial charge in [0.15, 0.2) is 10.8 Å². The molecule has 0 aromatic carbocycles. The van der Waals surface area contributed by atoms with Gasteiger partial charge in [-0.25, -0.2) is 9.78 Å². The summed E-state index contributed by atoms with van der Waals surface area (Å²) in [4.78, 5) is 16.3. The summed E-state index contributed by atoms with van der Waals surface area (Å²) in [6.45, 7) is 0.837. The third-order valence-electron chi connectivity index (χ3n) is 2.18. The van der Waals surface area contributed by atoms with E-state index in [-0.39, 0.29) is 30.6 Å². The third kappa shape index (κ3) is 5.33. The Morgan fingerprint density at radius 1 is 1.50 bits per heavy atom. The molecule has 0 bridgehead atoms. The van der Waals surface area contributed by atoms with Crippen LogP contribution < -0.4 is 4.90 Å². The van der Waals surface area contributed by atoms with Crippen molar-refractivity contribution >= 4 is 22.4 Å². The van der Waals surface area contributed by atoms with Crippen LogP contribution in [-0.4, -0.2) is 50.5 Å². The van der Waals surface area contributed by atoms with Crippen LogP contribution in [0, 0.1) is 0 Å². The number of anilines is 1. The minimum absolute atomic E-state index is 0.0106. The van der Waals surface area contributed by atoms with Gasteiger partial charge in [0.25, 0.3) is 0 Å². The highest BCUT2D eigenvalue weighted by molar-refractivity contribution is 7.13. The van der Waals surface area contributed by atoms with Crippen LogP contribution in [0.5, 0.6) is 0 Å². The number of hydrogen-bond acceptors (Lipinski definition) is 6. The number of esters is 1. The molecule has 20 heavy (non-hydrogen) atoms. The Morgan fingerprint density at radius 3 is 2.75 bits per heavy atom. The second-order valence-corrected chi connectivity index (χ2v) is 4.60. The zero-order chi connectivity index (χ0) is 15.2. The molecule has 0 spiro atoms. The lowest BCUT2D eigenvalue weighted by atomic mass is 10.5. The average Bonchev–Trinajstić information content (AvgIpc) is 2.83. The van der Waals surface area contributed by atoms with Crippen molar-refractivity contribution in [2.24, 2.45) is 0 Å². The quantitative estimate of drug-likeness (QED) is 0.723. The van der Waals surface area contributed by atoms with Crippen molar-refractivity contribution in [2.75, 3.05) is 38.3 Å². The number of ether oxygens (including phenoxy) is 2. The van der Waals surface area contributed by atoms with E-state index in [9.17, 15) is 18.0 Å². The normalized spacial score (nSPS) is 11.4. The molecule has 1 aromatic rings. The molecule has 0 aliphatic rings. The second kappa shape index (κ2) is 7.44. The smallest absolute Gasteiger partial charge is 0.406 e. The first-order chi connectivity index (χ1) is 9.37. The fraction of sp³-hybridized carbons (Fsp3) is 0.636. The topological polar surface area (TPSA) is 51.7 Å². The number of carbonyl (C=O) groups is 1. The summed E-state index contributed by atoms with van der Waals surface area (Å²) in [5, 5.41) is 1.49. The van der Waals surface area contributed by atoms with E-state index in [1.54, 1.807) is 6.92 Å². The number of methoxy groups -OCH3 is 1. The largest absolute Gasteiger partial charge is 0.461 e. The molecule has 1 aromatic heterocycles. The zero-order valence-electron chi connectivity index (χ0n) is 11.1. The second-order valence-electron chi connectivity index (χ2n) is 3.77. The van der Waals surface area contributed by atoms with E-state index in [1.165, 1.54) is 12.5 Å². The van der Waals surface area contributed by atoms with Gasteiger partial charge in [0.1, 0.15) is 6.54 Å². The van der Waals surface area contributed by atoms with E-state index in [1.807, 2.05) is 0 Å². The molecule has 9 heteroatoms. The van der Waals surface area contributed by atoms with Crippen LogP contribution in [0.15, 0.2) is 5.38 Å². The zero-order valence-corrected chi connectivity index (χ0v) is 11.9. The monoisotopic (exact) mass is 312 g/mol. The van der Waals surface area contributed by atoms with Gasteiger partial charge in [0, 0.05) is 19.0 Å². The lowest BCUT2D eigenvalue weighted by Gasteiger charge is -2.22. The summed E-state index contributed by atoms with van der Waals surface area (Å²) in [6, 6.07) is 0. The predicted octanol–water partition coefficient (Wildman–Crippen LogP) is 2.33. The van der Waals surface area contributed by atoms with E-state index in [0.717, 1.165) is 16.2 Å². The van der Waals surface area contributed by atoms with Crippen molar-refractivity contribution in [1.29, 1.82) is 0 Å². The van der Waals surface area contributed by atoms with Gasteiger partial charge in [-0.05, 0) is 6.92 Å². The van der Waals surface area contributed by atoms with Crippen molar-refractivity contribution in [3.63, 3.8) is 0 Å². The first kappa shape index (κ1) is 16.7. The maximum Gasteiger partial charge on any atom is 0.406 e.